The Morgan fingerprint density at radius 1 is 1.61 bits per heavy atom. The molecule has 0 N–H and O–H groups in total. The van der Waals surface area contributed by atoms with E-state index in [-0.39, 0.29) is 6.10 Å². The Hall–Kier alpha value is -1.64. The Bertz CT molecular complexity index is 627. The summed E-state index contributed by atoms with van der Waals surface area (Å²) in [6.07, 6.45) is 2.97. The predicted molar refractivity (Wildman–Crippen MR) is 66.2 cm³/mol. The van der Waals surface area contributed by atoms with Crippen molar-refractivity contribution in [2.45, 2.75) is 24.9 Å². The minimum Gasteiger partial charge on any atom is -0.376 e. The van der Waals surface area contributed by atoms with Gasteiger partial charge in [-0.15, -0.1) is 11.6 Å². The zero-order valence-corrected chi connectivity index (χ0v) is 10.4. The lowest BCUT2D eigenvalue weighted by Gasteiger charge is -2.27. The van der Waals surface area contributed by atoms with Crippen molar-refractivity contribution in [2.75, 3.05) is 6.61 Å². The summed E-state index contributed by atoms with van der Waals surface area (Å²) >= 11 is 5.91. The fraction of sp³-hybridized carbons (Fsp3) is 0.417. The SMILES string of the molecule is N#Cc1cc2nc(CCl)n(C[C@@H]3CCO3)c2cn1. The van der Waals surface area contributed by atoms with Crippen LogP contribution in [0.5, 0.6) is 0 Å². The van der Waals surface area contributed by atoms with Gasteiger partial charge in [0.05, 0.1) is 35.8 Å². The fourth-order valence-corrected chi connectivity index (χ4v) is 2.28. The van der Waals surface area contributed by atoms with E-state index >= 15 is 0 Å². The minimum absolute atomic E-state index is 0.236. The molecule has 0 saturated carbocycles. The molecule has 0 aromatic carbocycles. The summed E-state index contributed by atoms with van der Waals surface area (Å²) in [4.78, 5) is 8.51. The average molecular weight is 263 g/mol. The van der Waals surface area contributed by atoms with Crippen LogP contribution in [0.15, 0.2) is 12.3 Å². The smallest absolute Gasteiger partial charge is 0.142 e. The maximum atomic E-state index is 8.83. The number of fused-ring (bicyclic) bond motifs is 1. The molecule has 3 heterocycles. The number of halogens is 1. The third-order valence-corrected chi connectivity index (χ3v) is 3.37. The van der Waals surface area contributed by atoms with Crippen LogP contribution < -0.4 is 0 Å². The van der Waals surface area contributed by atoms with Crippen molar-refractivity contribution in [1.29, 1.82) is 5.26 Å². The van der Waals surface area contributed by atoms with Crippen LogP contribution in [0, 0.1) is 11.3 Å². The highest BCUT2D eigenvalue weighted by Crippen LogP contribution is 2.21. The summed E-state index contributed by atoms with van der Waals surface area (Å²) < 4.78 is 7.46. The Balaban J connectivity index is 2.06. The normalized spacial score (nSPS) is 18.6. The zero-order chi connectivity index (χ0) is 12.5. The first kappa shape index (κ1) is 11.5. The van der Waals surface area contributed by atoms with Gasteiger partial charge in [0.25, 0.3) is 0 Å². The second-order valence-corrected chi connectivity index (χ2v) is 4.49. The number of alkyl halides is 1. The van der Waals surface area contributed by atoms with E-state index in [1.54, 1.807) is 12.3 Å². The molecule has 5 nitrogen and oxygen atoms in total. The van der Waals surface area contributed by atoms with Gasteiger partial charge in [-0.1, -0.05) is 0 Å². The summed E-state index contributed by atoms with van der Waals surface area (Å²) in [6, 6.07) is 3.69. The summed E-state index contributed by atoms with van der Waals surface area (Å²) in [5, 5.41) is 8.83. The third kappa shape index (κ3) is 1.84. The van der Waals surface area contributed by atoms with Crippen molar-refractivity contribution in [3.8, 4) is 6.07 Å². The van der Waals surface area contributed by atoms with E-state index < -0.39 is 0 Å². The summed E-state index contributed by atoms with van der Waals surface area (Å²) in [6.45, 7) is 1.57. The van der Waals surface area contributed by atoms with Crippen LogP contribution in [0.4, 0.5) is 0 Å². The van der Waals surface area contributed by atoms with Crippen LogP contribution in [0.25, 0.3) is 11.0 Å². The van der Waals surface area contributed by atoms with E-state index in [1.807, 2.05) is 10.6 Å². The number of nitriles is 1. The standard InChI is InChI=1S/C12H11ClN4O/c13-4-12-16-10-3-8(5-14)15-6-11(10)17(12)7-9-1-2-18-9/h3,6,9H,1-2,4,7H2/t9-/m0/s1. The molecule has 0 radical (unpaired) electrons. The summed E-state index contributed by atoms with van der Waals surface area (Å²) in [5.41, 5.74) is 2.03. The molecule has 0 aliphatic carbocycles. The molecule has 1 aliphatic rings. The predicted octanol–water partition coefficient (Wildman–Crippen LogP) is 1.83. The molecule has 92 valence electrons. The molecule has 6 heteroatoms. The topological polar surface area (TPSA) is 63.7 Å². The highest BCUT2D eigenvalue weighted by atomic mass is 35.5. The number of pyridine rings is 1. The van der Waals surface area contributed by atoms with E-state index in [9.17, 15) is 0 Å². The highest BCUT2D eigenvalue weighted by Gasteiger charge is 2.21. The van der Waals surface area contributed by atoms with Gasteiger partial charge >= 0.3 is 0 Å². The van der Waals surface area contributed by atoms with E-state index in [0.717, 1.165) is 36.4 Å². The molecule has 1 atom stereocenters. The molecule has 0 unspecified atom stereocenters. The van der Waals surface area contributed by atoms with Gasteiger partial charge in [0.2, 0.25) is 0 Å². The van der Waals surface area contributed by atoms with Gasteiger partial charge in [-0.3, -0.25) is 0 Å². The van der Waals surface area contributed by atoms with Gasteiger partial charge in [-0.25, -0.2) is 9.97 Å². The van der Waals surface area contributed by atoms with Crippen molar-refractivity contribution in [3.63, 3.8) is 0 Å². The Morgan fingerprint density at radius 2 is 2.44 bits per heavy atom. The van der Waals surface area contributed by atoms with Gasteiger partial charge in [0, 0.05) is 12.7 Å². The summed E-state index contributed by atoms with van der Waals surface area (Å²) in [7, 11) is 0. The van der Waals surface area contributed by atoms with Crippen LogP contribution in [0.2, 0.25) is 0 Å². The lowest BCUT2D eigenvalue weighted by Crippen LogP contribution is -2.31. The average Bonchev–Trinajstić information content (AvgIpc) is 2.70. The molecule has 1 aliphatic heterocycles. The first-order valence-electron chi connectivity index (χ1n) is 5.74. The Kier molecular flexibility index (Phi) is 2.90. The number of aromatic nitrogens is 3. The molecule has 2 aromatic rings. The zero-order valence-electron chi connectivity index (χ0n) is 9.64. The maximum Gasteiger partial charge on any atom is 0.142 e. The molecular formula is C12H11ClN4O. The van der Waals surface area contributed by atoms with Crippen molar-refractivity contribution in [3.05, 3.63) is 23.8 Å². The second kappa shape index (κ2) is 4.56. The van der Waals surface area contributed by atoms with Crippen LogP contribution in [0.1, 0.15) is 17.9 Å². The van der Waals surface area contributed by atoms with Gasteiger partial charge in [-0.05, 0) is 6.42 Å². The van der Waals surface area contributed by atoms with Crippen molar-refractivity contribution in [1.82, 2.24) is 14.5 Å². The number of hydrogen-bond donors (Lipinski definition) is 0. The first-order chi connectivity index (χ1) is 8.81. The van der Waals surface area contributed by atoms with Gasteiger partial charge in [-0.2, -0.15) is 5.26 Å². The summed E-state index contributed by atoms with van der Waals surface area (Å²) in [5.74, 6) is 1.13. The number of hydrogen-bond acceptors (Lipinski definition) is 4. The fourth-order valence-electron chi connectivity index (χ4n) is 2.07. The molecule has 0 amide bonds. The van der Waals surface area contributed by atoms with Crippen LogP contribution in [0.3, 0.4) is 0 Å². The molecule has 3 rings (SSSR count). The highest BCUT2D eigenvalue weighted by molar-refractivity contribution is 6.16. The molecule has 18 heavy (non-hydrogen) atoms. The molecule has 0 bridgehead atoms. The molecule has 1 saturated heterocycles. The largest absolute Gasteiger partial charge is 0.376 e. The number of rotatable bonds is 3. The number of ether oxygens (including phenoxy) is 1. The van der Waals surface area contributed by atoms with Gasteiger partial charge < -0.3 is 9.30 Å². The van der Waals surface area contributed by atoms with Crippen molar-refractivity contribution >= 4 is 22.6 Å². The molecular weight excluding hydrogens is 252 g/mol. The third-order valence-electron chi connectivity index (χ3n) is 3.13. The first-order valence-corrected chi connectivity index (χ1v) is 6.28. The van der Waals surface area contributed by atoms with Crippen LogP contribution in [-0.2, 0) is 17.2 Å². The minimum atomic E-state index is 0.236. The number of imidazole rings is 1. The Morgan fingerprint density at radius 3 is 3.06 bits per heavy atom. The van der Waals surface area contributed by atoms with E-state index in [2.05, 4.69) is 9.97 Å². The van der Waals surface area contributed by atoms with E-state index in [1.165, 1.54) is 0 Å². The quantitative estimate of drug-likeness (QED) is 0.792. The van der Waals surface area contributed by atoms with Crippen LogP contribution in [-0.4, -0.2) is 27.2 Å². The lowest BCUT2D eigenvalue weighted by atomic mass is 10.2. The van der Waals surface area contributed by atoms with E-state index in [0.29, 0.717) is 11.6 Å². The second-order valence-electron chi connectivity index (χ2n) is 4.22. The van der Waals surface area contributed by atoms with E-state index in [4.69, 9.17) is 21.6 Å². The maximum absolute atomic E-state index is 8.83. The van der Waals surface area contributed by atoms with Gasteiger partial charge in [0.15, 0.2) is 0 Å². The van der Waals surface area contributed by atoms with Crippen molar-refractivity contribution in [2.24, 2.45) is 0 Å². The van der Waals surface area contributed by atoms with Crippen molar-refractivity contribution < 1.29 is 4.74 Å². The van der Waals surface area contributed by atoms with Gasteiger partial charge in [0.1, 0.15) is 17.6 Å². The molecule has 1 fully saturated rings. The lowest BCUT2D eigenvalue weighted by molar-refractivity contribution is -0.0589. The van der Waals surface area contributed by atoms with Crippen LogP contribution >= 0.6 is 11.6 Å². The number of nitrogens with zero attached hydrogens (tertiary/aromatic N) is 4. The molecule has 2 aromatic heterocycles. The monoisotopic (exact) mass is 262 g/mol. The molecule has 0 spiro atoms. The Labute approximate surface area is 109 Å².